The van der Waals surface area contributed by atoms with Crippen LogP contribution in [0.3, 0.4) is 0 Å². The molecule has 0 bridgehead atoms. The van der Waals surface area contributed by atoms with Crippen molar-refractivity contribution in [3.63, 3.8) is 0 Å². The zero-order chi connectivity index (χ0) is 39.0. The molecule has 4 aliphatic heterocycles. The molecule has 20 atom stereocenters. The molecule has 4 heterocycles. The second-order valence-electron chi connectivity index (χ2n) is 13.8. The molecule has 13 N–H and O–H groups in total. The molecule has 0 radical (unpaired) electrons. The molecule has 4 saturated heterocycles. The van der Waals surface area contributed by atoms with Gasteiger partial charge in [-0.3, -0.25) is 0 Å². The third-order valence-electron chi connectivity index (χ3n) is 9.95. The van der Waals surface area contributed by atoms with Crippen LogP contribution in [0.4, 0.5) is 0 Å². The minimum absolute atomic E-state index is 0.150. The Morgan fingerprint density at radius 1 is 0.396 bits per heavy atom. The maximum atomic E-state index is 11.3. The summed E-state index contributed by atoms with van der Waals surface area (Å²) in [7, 11) is 0. The SMILES string of the molecule is CCCCCCCCO[C@H]1O[C@H](CO[C@H]2O[C@H](CO)[C@@H](O)[C@H](O)[C@H]2O)[C@@H](O[C@H]2O[C@H](CO)[C@@H](O[C@H]3O[C@H](CO)[C@@H](O)[C@H](O)[C@H]3O)[C@H](O)[C@H]2O)[C@H](O)[C@H]1O. The maximum absolute atomic E-state index is 11.3. The van der Waals surface area contributed by atoms with E-state index in [0.29, 0.717) is 6.42 Å². The summed E-state index contributed by atoms with van der Waals surface area (Å²) in [5.74, 6) is 0. The first kappa shape index (κ1) is 44.9. The second kappa shape index (κ2) is 21.1. The highest BCUT2D eigenvalue weighted by molar-refractivity contribution is 4.97. The molecular formula is C32H58O21. The number of aliphatic hydroxyl groups excluding tert-OH is 13. The van der Waals surface area contributed by atoms with Gasteiger partial charge in [0.2, 0.25) is 0 Å². The predicted molar refractivity (Wildman–Crippen MR) is 171 cm³/mol. The summed E-state index contributed by atoms with van der Waals surface area (Å²) in [6.07, 6.45) is -28.1. The summed E-state index contributed by atoms with van der Waals surface area (Å²) >= 11 is 0. The van der Waals surface area contributed by atoms with Gasteiger partial charge in [-0.25, -0.2) is 0 Å². The van der Waals surface area contributed by atoms with Gasteiger partial charge in [-0.1, -0.05) is 39.0 Å². The molecule has 0 saturated carbocycles. The number of rotatable bonds is 18. The standard InChI is InChI=1S/C32H58O21/c1-2-3-4-5-6-7-8-46-29-25(44)21(40)28(16(51-29)12-47-30-23(42)19(38)17(36)13(9-33)48-30)53-32-26(45)22(41)27(15(11-35)50-32)52-31-24(43)20(39)18(37)14(10-34)49-31/h13-45H,2-12H2,1H3/t13-,14-,15-,16-,17-,18-,19+,20+,21-,22-,23-,24-,25-,26-,27-,28-,29+,30+,31-,32-/m1/s1. The Bertz CT molecular complexity index is 1040. The van der Waals surface area contributed by atoms with Crippen molar-refractivity contribution in [3.05, 3.63) is 0 Å². The number of ether oxygens (including phenoxy) is 8. The van der Waals surface area contributed by atoms with E-state index in [1.165, 1.54) is 0 Å². The average molecular weight is 779 g/mol. The molecule has 21 heteroatoms. The predicted octanol–water partition coefficient (Wildman–Crippen LogP) is -6.36. The summed E-state index contributed by atoms with van der Waals surface area (Å²) < 4.78 is 45.1. The Kier molecular flexibility index (Phi) is 17.8. The van der Waals surface area contributed by atoms with Gasteiger partial charge in [-0.2, -0.15) is 0 Å². The minimum Gasteiger partial charge on any atom is -0.394 e. The first-order valence-corrected chi connectivity index (χ1v) is 18.1. The van der Waals surface area contributed by atoms with Crippen LogP contribution in [-0.2, 0) is 37.9 Å². The van der Waals surface area contributed by atoms with Crippen LogP contribution in [-0.4, -0.2) is 222 Å². The van der Waals surface area contributed by atoms with Crippen LogP contribution < -0.4 is 0 Å². The average Bonchev–Trinajstić information content (AvgIpc) is 3.15. The van der Waals surface area contributed by atoms with Crippen LogP contribution in [0.15, 0.2) is 0 Å². The first-order chi connectivity index (χ1) is 25.3. The van der Waals surface area contributed by atoms with Crippen molar-refractivity contribution in [1.82, 2.24) is 0 Å². The molecule has 4 rings (SSSR count). The highest BCUT2D eigenvalue weighted by Crippen LogP contribution is 2.33. The highest BCUT2D eigenvalue weighted by atomic mass is 16.8. The lowest BCUT2D eigenvalue weighted by Crippen LogP contribution is -2.67. The van der Waals surface area contributed by atoms with Crippen molar-refractivity contribution in [2.24, 2.45) is 0 Å². The molecule has 53 heavy (non-hydrogen) atoms. The van der Waals surface area contributed by atoms with Gasteiger partial charge in [0.1, 0.15) is 97.7 Å². The van der Waals surface area contributed by atoms with Crippen LogP contribution >= 0.6 is 0 Å². The Labute approximate surface area is 305 Å². The van der Waals surface area contributed by atoms with Crippen molar-refractivity contribution >= 4 is 0 Å². The van der Waals surface area contributed by atoms with E-state index in [1.807, 2.05) is 0 Å². The Morgan fingerprint density at radius 3 is 1.34 bits per heavy atom. The molecule has 312 valence electrons. The van der Waals surface area contributed by atoms with Crippen LogP contribution in [0.5, 0.6) is 0 Å². The van der Waals surface area contributed by atoms with Crippen molar-refractivity contribution in [2.75, 3.05) is 33.0 Å². The molecule has 0 aliphatic carbocycles. The van der Waals surface area contributed by atoms with Crippen molar-refractivity contribution in [3.8, 4) is 0 Å². The normalized spacial score (nSPS) is 46.8. The van der Waals surface area contributed by atoms with Gasteiger partial charge in [-0.05, 0) is 6.42 Å². The van der Waals surface area contributed by atoms with Gasteiger partial charge < -0.3 is 104 Å². The molecular weight excluding hydrogens is 720 g/mol. The fourth-order valence-corrected chi connectivity index (χ4v) is 6.64. The molecule has 4 aliphatic rings. The van der Waals surface area contributed by atoms with Crippen LogP contribution in [0.1, 0.15) is 45.4 Å². The molecule has 21 nitrogen and oxygen atoms in total. The molecule has 0 amide bonds. The smallest absolute Gasteiger partial charge is 0.187 e. The number of hydrogen-bond donors (Lipinski definition) is 13. The first-order valence-electron chi connectivity index (χ1n) is 18.1. The Balaban J connectivity index is 1.47. The van der Waals surface area contributed by atoms with E-state index in [1.54, 1.807) is 0 Å². The molecule has 0 unspecified atom stereocenters. The fourth-order valence-electron chi connectivity index (χ4n) is 6.64. The molecule has 0 aromatic carbocycles. The van der Waals surface area contributed by atoms with Gasteiger partial charge in [0.15, 0.2) is 25.2 Å². The lowest BCUT2D eigenvalue weighted by atomic mass is 9.96. The van der Waals surface area contributed by atoms with E-state index in [9.17, 15) is 66.4 Å². The van der Waals surface area contributed by atoms with Crippen molar-refractivity contribution in [1.29, 1.82) is 0 Å². The lowest BCUT2D eigenvalue weighted by Gasteiger charge is -2.48. The summed E-state index contributed by atoms with van der Waals surface area (Å²) in [5.41, 5.74) is 0. The summed E-state index contributed by atoms with van der Waals surface area (Å²) in [4.78, 5) is 0. The van der Waals surface area contributed by atoms with Crippen LogP contribution in [0.25, 0.3) is 0 Å². The van der Waals surface area contributed by atoms with E-state index >= 15 is 0 Å². The van der Waals surface area contributed by atoms with E-state index in [4.69, 9.17) is 37.9 Å². The fraction of sp³-hybridized carbons (Fsp3) is 1.00. The van der Waals surface area contributed by atoms with Gasteiger partial charge >= 0.3 is 0 Å². The van der Waals surface area contributed by atoms with E-state index in [0.717, 1.165) is 32.1 Å². The summed E-state index contributed by atoms with van der Waals surface area (Å²) in [6.45, 7) is -0.751. The molecule has 4 fully saturated rings. The summed E-state index contributed by atoms with van der Waals surface area (Å²) in [5, 5.41) is 135. The highest BCUT2D eigenvalue weighted by Gasteiger charge is 2.54. The van der Waals surface area contributed by atoms with Gasteiger partial charge in [0, 0.05) is 6.61 Å². The zero-order valence-corrected chi connectivity index (χ0v) is 29.4. The van der Waals surface area contributed by atoms with Gasteiger partial charge in [0.05, 0.1) is 26.4 Å². The van der Waals surface area contributed by atoms with Gasteiger partial charge in [-0.15, -0.1) is 0 Å². The number of unbranched alkanes of at least 4 members (excludes halogenated alkanes) is 5. The van der Waals surface area contributed by atoms with Gasteiger partial charge in [0.25, 0.3) is 0 Å². The lowest BCUT2D eigenvalue weighted by molar-refractivity contribution is -0.382. The van der Waals surface area contributed by atoms with E-state index in [2.05, 4.69) is 6.92 Å². The van der Waals surface area contributed by atoms with Crippen molar-refractivity contribution in [2.45, 2.75) is 168 Å². The molecule has 0 aromatic heterocycles. The number of hydrogen-bond acceptors (Lipinski definition) is 21. The second-order valence-corrected chi connectivity index (χ2v) is 13.8. The quantitative estimate of drug-likeness (QED) is 0.0575. The largest absolute Gasteiger partial charge is 0.394 e. The van der Waals surface area contributed by atoms with Crippen molar-refractivity contribution < 1.29 is 104 Å². The topological polar surface area (TPSA) is 337 Å². The van der Waals surface area contributed by atoms with E-state index in [-0.39, 0.29) is 6.61 Å². The Hall–Kier alpha value is -0.840. The third-order valence-corrected chi connectivity index (χ3v) is 9.95. The monoisotopic (exact) mass is 778 g/mol. The molecule has 0 aromatic rings. The maximum Gasteiger partial charge on any atom is 0.187 e. The third kappa shape index (κ3) is 10.8. The van der Waals surface area contributed by atoms with Crippen LogP contribution in [0.2, 0.25) is 0 Å². The van der Waals surface area contributed by atoms with Crippen LogP contribution in [0, 0.1) is 0 Å². The van der Waals surface area contributed by atoms with E-state index < -0.39 is 149 Å². The zero-order valence-electron chi connectivity index (χ0n) is 29.4. The minimum atomic E-state index is -2.01. The number of aliphatic hydroxyl groups is 13. The Morgan fingerprint density at radius 2 is 0.792 bits per heavy atom. The molecule has 0 spiro atoms. The summed E-state index contributed by atoms with van der Waals surface area (Å²) in [6, 6.07) is 0.